The van der Waals surface area contributed by atoms with E-state index in [9.17, 15) is 4.79 Å². The van der Waals surface area contributed by atoms with Crippen molar-refractivity contribution >= 4 is 5.91 Å². The summed E-state index contributed by atoms with van der Waals surface area (Å²) in [5.41, 5.74) is 5.27. The molecule has 1 amide bonds. The quantitative estimate of drug-likeness (QED) is 0.682. The van der Waals surface area contributed by atoms with Crippen LogP contribution in [-0.2, 0) is 18.4 Å². The Balaban J connectivity index is 2.55. The predicted molar refractivity (Wildman–Crippen MR) is 55.7 cm³/mol. The first-order chi connectivity index (χ1) is 7.02. The number of aromatic nitrogens is 3. The van der Waals surface area contributed by atoms with Gasteiger partial charge in [0.1, 0.15) is 12.2 Å². The molecule has 0 aliphatic rings. The summed E-state index contributed by atoms with van der Waals surface area (Å²) in [4.78, 5) is 11.1. The zero-order valence-corrected chi connectivity index (χ0v) is 9.27. The number of hydrogen-bond acceptors (Lipinski definition) is 4. The summed E-state index contributed by atoms with van der Waals surface area (Å²) < 4.78 is 1.80. The molecule has 0 aromatic carbocycles. The van der Waals surface area contributed by atoms with Gasteiger partial charge >= 0.3 is 0 Å². The highest BCUT2D eigenvalue weighted by molar-refractivity contribution is 5.80. The molecule has 6 nitrogen and oxygen atoms in total. The minimum Gasteiger partial charge on any atom is -0.368 e. The van der Waals surface area contributed by atoms with Crippen molar-refractivity contribution in [2.75, 3.05) is 0 Å². The van der Waals surface area contributed by atoms with E-state index in [1.807, 2.05) is 20.9 Å². The van der Waals surface area contributed by atoms with Gasteiger partial charge in [-0.3, -0.25) is 10.1 Å². The molecular weight excluding hydrogens is 194 g/mol. The fourth-order valence-electron chi connectivity index (χ4n) is 1.33. The number of nitrogens with one attached hydrogen (secondary N) is 1. The van der Waals surface area contributed by atoms with E-state index in [-0.39, 0.29) is 17.9 Å². The van der Waals surface area contributed by atoms with Crippen LogP contribution in [0.3, 0.4) is 0 Å². The van der Waals surface area contributed by atoms with Crippen LogP contribution in [0.15, 0.2) is 6.33 Å². The average molecular weight is 211 g/mol. The predicted octanol–water partition coefficient (Wildman–Crippen LogP) is -0.585. The highest BCUT2D eigenvalue weighted by Gasteiger charge is 2.19. The van der Waals surface area contributed by atoms with Gasteiger partial charge in [-0.15, -0.1) is 10.2 Å². The lowest BCUT2D eigenvalue weighted by Gasteiger charge is -2.18. The van der Waals surface area contributed by atoms with E-state index in [1.54, 1.807) is 10.9 Å². The molecule has 84 valence electrons. The smallest absolute Gasteiger partial charge is 0.234 e. The fraction of sp³-hybridized carbons (Fsp3) is 0.667. The van der Waals surface area contributed by atoms with Gasteiger partial charge in [0.15, 0.2) is 0 Å². The molecular formula is C9H17N5O. The van der Waals surface area contributed by atoms with Gasteiger partial charge in [0.05, 0.1) is 12.6 Å². The Hall–Kier alpha value is -1.43. The van der Waals surface area contributed by atoms with Crippen LogP contribution in [0, 0.1) is 5.92 Å². The zero-order valence-electron chi connectivity index (χ0n) is 9.27. The van der Waals surface area contributed by atoms with Crippen LogP contribution in [0.1, 0.15) is 19.7 Å². The number of nitrogens with zero attached hydrogens (tertiary/aromatic N) is 3. The number of primary amides is 1. The maximum Gasteiger partial charge on any atom is 0.234 e. The van der Waals surface area contributed by atoms with Crippen molar-refractivity contribution < 1.29 is 4.79 Å². The highest BCUT2D eigenvalue weighted by Crippen LogP contribution is 2.02. The third kappa shape index (κ3) is 3.02. The van der Waals surface area contributed by atoms with Gasteiger partial charge in [0, 0.05) is 7.05 Å². The van der Waals surface area contributed by atoms with Crippen molar-refractivity contribution in [2.24, 2.45) is 18.7 Å². The Morgan fingerprint density at radius 2 is 2.33 bits per heavy atom. The van der Waals surface area contributed by atoms with Crippen LogP contribution in [0.2, 0.25) is 0 Å². The molecule has 0 bridgehead atoms. The molecule has 15 heavy (non-hydrogen) atoms. The first-order valence-electron chi connectivity index (χ1n) is 4.88. The van der Waals surface area contributed by atoms with E-state index in [0.29, 0.717) is 6.54 Å². The molecule has 1 aromatic heterocycles. The molecule has 0 saturated carbocycles. The first-order valence-corrected chi connectivity index (χ1v) is 4.88. The third-order valence-corrected chi connectivity index (χ3v) is 2.26. The summed E-state index contributed by atoms with van der Waals surface area (Å²) in [5.74, 6) is 0.602. The SMILES string of the molecule is CC(C)C(NCc1nncn1C)C(N)=O. The van der Waals surface area contributed by atoms with Crippen LogP contribution >= 0.6 is 0 Å². The van der Waals surface area contributed by atoms with Gasteiger partial charge in [0.25, 0.3) is 0 Å². The highest BCUT2D eigenvalue weighted by atomic mass is 16.1. The molecule has 6 heteroatoms. The van der Waals surface area contributed by atoms with Gasteiger partial charge in [-0.25, -0.2) is 0 Å². The Morgan fingerprint density at radius 1 is 1.67 bits per heavy atom. The average Bonchev–Trinajstić information content (AvgIpc) is 2.51. The lowest BCUT2D eigenvalue weighted by Crippen LogP contribution is -2.44. The van der Waals surface area contributed by atoms with Crippen molar-refractivity contribution in [2.45, 2.75) is 26.4 Å². The Morgan fingerprint density at radius 3 is 2.73 bits per heavy atom. The number of rotatable bonds is 5. The number of amides is 1. The minimum atomic E-state index is -0.341. The second kappa shape index (κ2) is 4.88. The van der Waals surface area contributed by atoms with Crippen molar-refractivity contribution in [1.82, 2.24) is 20.1 Å². The first kappa shape index (κ1) is 11.6. The molecule has 1 unspecified atom stereocenters. The van der Waals surface area contributed by atoms with Crippen molar-refractivity contribution in [3.63, 3.8) is 0 Å². The van der Waals surface area contributed by atoms with Crippen LogP contribution in [0.25, 0.3) is 0 Å². The van der Waals surface area contributed by atoms with E-state index >= 15 is 0 Å². The lowest BCUT2D eigenvalue weighted by molar-refractivity contribution is -0.121. The molecule has 1 atom stereocenters. The van der Waals surface area contributed by atoms with Crippen LogP contribution < -0.4 is 11.1 Å². The summed E-state index contributed by atoms with van der Waals surface area (Å²) in [7, 11) is 1.85. The van der Waals surface area contributed by atoms with Crippen LogP contribution in [-0.4, -0.2) is 26.7 Å². The van der Waals surface area contributed by atoms with Gasteiger partial charge in [-0.1, -0.05) is 13.8 Å². The normalized spacial score (nSPS) is 13.1. The van der Waals surface area contributed by atoms with E-state index in [2.05, 4.69) is 15.5 Å². The minimum absolute atomic E-state index is 0.163. The van der Waals surface area contributed by atoms with Gasteiger partial charge < -0.3 is 10.3 Å². The number of hydrogen-bond donors (Lipinski definition) is 2. The number of aryl methyl sites for hydroxylation is 1. The topological polar surface area (TPSA) is 85.8 Å². The maximum absolute atomic E-state index is 11.1. The number of carbonyl (C=O) groups is 1. The largest absolute Gasteiger partial charge is 0.368 e. The Bertz CT molecular complexity index is 333. The maximum atomic E-state index is 11.1. The van der Waals surface area contributed by atoms with Crippen molar-refractivity contribution in [3.05, 3.63) is 12.2 Å². The molecule has 1 aromatic rings. The van der Waals surface area contributed by atoms with E-state index < -0.39 is 0 Å². The second-order valence-electron chi connectivity index (χ2n) is 3.86. The van der Waals surface area contributed by atoms with Crippen LogP contribution in [0.4, 0.5) is 0 Å². The number of nitrogens with two attached hydrogens (primary N) is 1. The van der Waals surface area contributed by atoms with Gasteiger partial charge in [-0.2, -0.15) is 0 Å². The van der Waals surface area contributed by atoms with Gasteiger partial charge in [-0.05, 0) is 5.92 Å². The van der Waals surface area contributed by atoms with Crippen molar-refractivity contribution in [3.8, 4) is 0 Å². The van der Waals surface area contributed by atoms with E-state index in [4.69, 9.17) is 5.73 Å². The van der Waals surface area contributed by atoms with E-state index in [1.165, 1.54) is 0 Å². The van der Waals surface area contributed by atoms with Gasteiger partial charge in [0.2, 0.25) is 5.91 Å². The molecule has 3 N–H and O–H groups in total. The summed E-state index contributed by atoms with van der Waals surface area (Å²) in [6, 6.07) is -0.332. The summed E-state index contributed by atoms with van der Waals surface area (Å²) in [5, 5.41) is 10.7. The molecule has 1 heterocycles. The monoisotopic (exact) mass is 211 g/mol. The summed E-state index contributed by atoms with van der Waals surface area (Å²) in [6.07, 6.45) is 1.62. The molecule has 0 saturated heterocycles. The molecule has 0 spiro atoms. The summed E-state index contributed by atoms with van der Waals surface area (Å²) >= 11 is 0. The number of carbonyl (C=O) groups excluding carboxylic acids is 1. The van der Waals surface area contributed by atoms with Crippen LogP contribution in [0.5, 0.6) is 0 Å². The second-order valence-corrected chi connectivity index (χ2v) is 3.86. The third-order valence-electron chi connectivity index (χ3n) is 2.26. The standard InChI is InChI=1S/C9H17N5O/c1-6(2)8(9(10)15)11-4-7-13-12-5-14(7)3/h5-6,8,11H,4H2,1-3H3,(H2,10,15). The lowest BCUT2D eigenvalue weighted by atomic mass is 10.0. The molecule has 0 radical (unpaired) electrons. The summed E-state index contributed by atoms with van der Waals surface area (Å²) in [6.45, 7) is 4.38. The fourth-order valence-corrected chi connectivity index (χ4v) is 1.33. The molecule has 0 aliphatic carbocycles. The van der Waals surface area contributed by atoms with E-state index in [0.717, 1.165) is 5.82 Å². The molecule has 0 aliphatic heterocycles. The Labute approximate surface area is 88.9 Å². The Kier molecular flexibility index (Phi) is 3.79. The molecule has 1 rings (SSSR count). The van der Waals surface area contributed by atoms with Crippen molar-refractivity contribution in [1.29, 1.82) is 0 Å². The molecule has 0 fully saturated rings. The zero-order chi connectivity index (χ0) is 11.4.